The summed E-state index contributed by atoms with van der Waals surface area (Å²) in [6.07, 6.45) is -0.241. The van der Waals surface area contributed by atoms with Crippen LogP contribution in [0.3, 0.4) is 0 Å². The Hall–Kier alpha value is -3.97. The van der Waals surface area contributed by atoms with Crippen molar-refractivity contribution in [1.82, 2.24) is 10.2 Å². The second-order valence-corrected chi connectivity index (χ2v) is 9.93. The Labute approximate surface area is 227 Å². The number of halogens is 2. The van der Waals surface area contributed by atoms with Gasteiger partial charge in [-0.1, -0.05) is 37.0 Å². The molecule has 0 fully saturated rings. The number of hydrogen-bond donors (Lipinski definition) is 2. The number of rotatable bonds is 9. The third-order valence-corrected chi connectivity index (χ3v) is 5.99. The van der Waals surface area contributed by atoms with Gasteiger partial charge in [0, 0.05) is 37.7 Å². The predicted molar refractivity (Wildman–Crippen MR) is 144 cm³/mol. The van der Waals surface area contributed by atoms with Crippen LogP contribution >= 0.6 is 0 Å². The average Bonchev–Trinajstić information content (AvgIpc) is 2.87. The minimum Gasteiger partial charge on any atom is -0.444 e. The number of alkyl carbamates (subject to hydrolysis) is 1. The highest BCUT2D eigenvalue weighted by Gasteiger charge is 2.40. The molecule has 2 N–H and O–H groups in total. The van der Waals surface area contributed by atoms with Crippen molar-refractivity contribution in [2.45, 2.75) is 51.7 Å². The molecule has 2 rings (SSSR count). The summed E-state index contributed by atoms with van der Waals surface area (Å²) >= 11 is 0. The van der Waals surface area contributed by atoms with E-state index in [1.54, 1.807) is 52.0 Å². The number of nitrogens with one attached hydrogen (secondary N) is 1. The van der Waals surface area contributed by atoms with Crippen molar-refractivity contribution in [1.29, 1.82) is 0 Å². The molecule has 0 saturated heterocycles. The van der Waals surface area contributed by atoms with Gasteiger partial charge in [-0.05, 0) is 51.5 Å². The largest absolute Gasteiger partial charge is 0.444 e. The number of amides is 3. The summed E-state index contributed by atoms with van der Waals surface area (Å²) in [5.74, 6) is 3.50. The Morgan fingerprint density at radius 1 is 1.08 bits per heavy atom. The number of urea groups is 1. The Bertz CT molecular complexity index is 1190. The first kappa shape index (κ1) is 31.2. The molecule has 8 nitrogen and oxygen atoms in total. The molecule has 1 unspecified atom stereocenters. The summed E-state index contributed by atoms with van der Waals surface area (Å²) in [4.78, 5) is 39.1. The summed E-state index contributed by atoms with van der Waals surface area (Å²) in [5.41, 5.74) is -1.99. The quantitative estimate of drug-likeness (QED) is 0.359. The molecule has 0 heterocycles. The van der Waals surface area contributed by atoms with Crippen LogP contribution in [0.5, 0.6) is 0 Å². The number of aliphatic hydroxyl groups is 1. The number of ether oxygens (including phenoxy) is 1. The first-order chi connectivity index (χ1) is 18.4. The number of benzene rings is 2. The van der Waals surface area contributed by atoms with Gasteiger partial charge < -0.3 is 24.9 Å². The normalized spacial score (nSPS) is 12.4. The van der Waals surface area contributed by atoms with E-state index in [9.17, 15) is 19.5 Å². The highest BCUT2D eigenvalue weighted by molar-refractivity contribution is 5.92. The highest BCUT2D eigenvalue weighted by Crippen LogP contribution is 2.29. The van der Waals surface area contributed by atoms with E-state index in [-0.39, 0.29) is 31.5 Å². The fourth-order valence-electron chi connectivity index (χ4n) is 3.88. The first-order valence-corrected chi connectivity index (χ1v) is 12.5. The smallest absolute Gasteiger partial charge is 0.407 e. The van der Waals surface area contributed by atoms with E-state index in [1.807, 2.05) is 6.07 Å². The summed E-state index contributed by atoms with van der Waals surface area (Å²) in [6.45, 7) is 5.88. The Morgan fingerprint density at radius 3 is 2.18 bits per heavy atom. The van der Waals surface area contributed by atoms with Gasteiger partial charge in [0.1, 0.15) is 17.6 Å². The van der Waals surface area contributed by atoms with Gasteiger partial charge in [0.15, 0.2) is 11.6 Å². The van der Waals surface area contributed by atoms with Crippen molar-refractivity contribution in [3.05, 3.63) is 65.2 Å². The molecule has 0 spiro atoms. The maximum absolute atomic E-state index is 15.1. The number of carbonyl (C=O) groups excluding carboxylic acids is 3. The molecule has 3 amide bonds. The SMILES string of the molecule is CCC(CO)(CC=O)N(CCNC(=O)OC(C)(C)C)C(=O)N(C)c1c(F)cc(C#Cc2ccccc2)cc1F. The Balaban J connectivity index is 2.36. The van der Waals surface area contributed by atoms with Crippen molar-refractivity contribution in [3.8, 4) is 11.8 Å². The number of aldehydes is 1. The van der Waals surface area contributed by atoms with Gasteiger partial charge in [-0.2, -0.15) is 0 Å². The van der Waals surface area contributed by atoms with Crippen molar-refractivity contribution < 1.29 is 33.0 Å². The van der Waals surface area contributed by atoms with Crippen LogP contribution in [0.25, 0.3) is 0 Å². The lowest BCUT2D eigenvalue weighted by molar-refractivity contribution is -0.111. The third-order valence-electron chi connectivity index (χ3n) is 5.99. The molecule has 0 aliphatic heterocycles. The maximum Gasteiger partial charge on any atom is 0.407 e. The van der Waals surface area contributed by atoms with Crippen molar-refractivity contribution in [2.75, 3.05) is 31.6 Å². The lowest BCUT2D eigenvalue weighted by atomic mass is 9.91. The van der Waals surface area contributed by atoms with E-state index in [0.29, 0.717) is 11.8 Å². The van der Waals surface area contributed by atoms with E-state index in [4.69, 9.17) is 4.74 Å². The van der Waals surface area contributed by atoms with Gasteiger partial charge >= 0.3 is 12.1 Å². The Kier molecular flexibility index (Phi) is 11.0. The van der Waals surface area contributed by atoms with Crippen LogP contribution in [0.4, 0.5) is 24.1 Å². The summed E-state index contributed by atoms with van der Waals surface area (Å²) in [5, 5.41) is 12.7. The molecule has 210 valence electrons. The van der Waals surface area contributed by atoms with Crippen molar-refractivity contribution in [3.63, 3.8) is 0 Å². The number of hydrogen-bond acceptors (Lipinski definition) is 5. The lowest BCUT2D eigenvalue weighted by Gasteiger charge is -2.43. The second kappa shape index (κ2) is 13.7. The van der Waals surface area contributed by atoms with Crippen molar-refractivity contribution in [2.24, 2.45) is 0 Å². The zero-order valence-corrected chi connectivity index (χ0v) is 22.9. The van der Waals surface area contributed by atoms with Crippen LogP contribution < -0.4 is 10.2 Å². The zero-order valence-electron chi connectivity index (χ0n) is 22.9. The first-order valence-electron chi connectivity index (χ1n) is 12.5. The van der Waals surface area contributed by atoms with Gasteiger partial charge in [0.05, 0.1) is 12.1 Å². The van der Waals surface area contributed by atoms with Gasteiger partial charge in [0.2, 0.25) is 0 Å². The van der Waals surface area contributed by atoms with Gasteiger partial charge in [-0.3, -0.25) is 4.90 Å². The van der Waals surface area contributed by atoms with Crippen molar-refractivity contribution >= 4 is 24.1 Å². The van der Waals surface area contributed by atoms with E-state index in [0.717, 1.165) is 21.9 Å². The molecule has 2 aromatic carbocycles. The molecule has 0 aliphatic rings. The topological polar surface area (TPSA) is 99.2 Å². The zero-order chi connectivity index (χ0) is 29.2. The molecule has 1 atom stereocenters. The monoisotopic (exact) mass is 543 g/mol. The summed E-state index contributed by atoms with van der Waals surface area (Å²) in [7, 11) is 1.19. The van der Waals surface area contributed by atoms with Crippen LogP contribution in [0.15, 0.2) is 42.5 Å². The molecule has 0 saturated carbocycles. The van der Waals surface area contributed by atoms with E-state index >= 15 is 8.78 Å². The lowest BCUT2D eigenvalue weighted by Crippen LogP contribution is -2.59. The van der Waals surface area contributed by atoms with Crippen LogP contribution in [0, 0.1) is 23.5 Å². The Morgan fingerprint density at radius 2 is 1.67 bits per heavy atom. The molecule has 10 heteroatoms. The number of nitrogens with zero attached hydrogens (tertiary/aromatic N) is 2. The van der Waals surface area contributed by atoms with Crippen LogP contribution in [-0.4, -0.2) is 66.3 Å². The van der Waals surface area contributed by atoms with Gasteiger partial charge in [0.25, 0.3) is 0 Å². The second-order valence-electron chi connectivity index (χ2n) is 9.93. The molecular formula is C29H35F2N3O5. The van der Waals surface area contributed by atoms with Gasteiger partial charge in [-0.25, -0.2) is 18.4 Å². The van der Waals surface area contributed by atoms with Crippen LogP contribution in [-0.2, 0) is 9.53 Å². The maximum atomic E-state index is 15.1. The molecule has 39 heavy (non-hydrogen) atoms. The molecule has 0 aromatic heterocycles. The molecule has 0 aliphatic carbocycles. The molecular weight excluding hydrogens is 508 g/mol. The minimum atomic E-state index is -1.36. The third kappa shape index (κ3) is 8.52. The van der Waals surface area contributed by atoms with E-state index < -0.39 is 47.2 Å². The summed E-state index contributed by atoms with van der Waals surface area (Å²) < 4.78 is 35.5. The fourth-order valence-corrected chi connectivity index (χ4v) is 3.88. The highest BCUT2D eigenvalue weighted by atomic mass is 19.1. The van der Waals surface area contributed by atoms with Crippen LogP contribution in [0.1, 0.15) is 51.7 Å². The van der Waals surface area contributed by atoms with Crippen LogP contribution in [0.2, 0.25) is 0 Å². The number of aliphatic hydroxyl groups excluding tert-OH is 1. The fraction of sp³-hybridized carbons (Fsp3) is 0.414. The molecule has 0 bridgehead atoms. The molecule has 0 radical (unpaired) electrons. The van der Waals surface area contributed by atoms with E-state index in [1.165, 1.54) is 7.05 Å². The molecule has 2 aromatic rings. The summed E-state index contributed by atoms with van der Waals surface area (Å²) in [6, 6.07) is 10.1. The standard InChI is InChI=1S/C29H35F2N3O5/c1-6-29(20-36,14-17-35)34(16-15-32-26(37)39-28(2,3)4)27(38)33(5)25-23(30)18-22(19-24(25)31)13-12-21-10-8-7-9-11-21/h7-11,17-19,36H,6,14-16,20H2,1-5H3,(H,32,37). The average molecular weight is 544 g/mol. The number of anilines is 1. The van der Waals surface area contributed by atoms with E-state index in [2.05, 4.69) is 17.2 Å². The predicted octanol–water partition coefficient (Wildman–Crippen LogP) is 4.48. The number of carbonyl (C=O) groups is 3. The minimum absolute atomic E-state index is 0.0797. The van der Waals surface area contributed by atoms with Gasteiger partial charge in [-0.15, -0.1) is 0 Å².